The van der Waals surface area contributed by atoms with Crippen LogP contribution in [0.1, 0.15) is 42.8 Å². The van der Waals surface area contributed by atoms with E-state index in [4.69, 9.17) is 9.72 Å². The second-order valence-corrected chi connectivity index (χ2v) is 7.61. The van der Waals surface area contributed by atoms with Crippen molar-refractivity contribution in [2.75, 3.05) is 20.2 Å². The van der Waals surface area contributed by atoms with Gasteiger partial charge in [0.05, 0.1) is 12.8 Å². The highest BCUT2D eigenvalue weighted by molar-refractivity contribution is 5.60. The third-order valence-corrected chi connectivity index (χ3v) is 5.56. The van der Waals surface area contributed by atoms with E-state index in [-0.39, 0.29) is 0 Å². The number of aromatic nitrogens is 3. The zero-order valence-corrected chi connectivity index (χ0v) is 17.2. The fraction of sp³-hybridized carbons (Fsp3) is 0.375. The number of ether oxygens (including phenoxy) is 1. The fourth-order valence-electron chi connectivity index (χ4n) is 3.95. The molecule has 5 nitrogen and oxygen atoms in total. The van der Waals surface area contributed by atoms with Gasteiger partial charge in [0.2, 0.25) is 0 Å². The van der Waals surface area contributed by atoms with Gasteiger partial charge in [-0.05, 0) is 55.8 Å². The van der Waals surface area contributed by atoms with Crippen molar-refractivity contribution in [1.82, 2.24) is 19.9 Å². The Kier molecular flexibility index (Phi) is 6.15. The number of benzene rings is 1. The summed E-state index contributed by atoms with van der Waals surface area (Å²) in [7, 11) is 1.69. The molecule has 2 aromatic heterocycles. The van der Waals surface area contributed by atoms with Crippen LogP contribution in [0.25, 0.3) is 11.3 Å². The van der Waals surface area contributed by atoms with E-state index in [1.165, 1.54) is 24.1 Å². The van der Waals surface area contributed by atoms with Crippen molar-refractivity contribution >= 4 is 0 Å². The quantitative estimate of drug-likeness (QED) is 0.623. The number of hydrogen-bond acceptors (Lipinski definition) is 5. The Hall–Kier alpha value is -2.79. The van der Waals surface area contributed by atoms with Crippen molar-refractivity contribution in [2.45, 2.75) is 38.6 Å². The lowest BCUT2D eigenvalue weighted by molar-refractivity contribution is 0.198. The topological polar surface area (TPSA) is 51.1 Å². The lowest BCUT2D eigenvalue weighted by Gasteiger charge is -2.32. The molecule has 0 N–H and O–H groups in total. The van der Waals surface area contributed by atoms with E-state index in [9.17, 15) is 0 Å². The van der Waals surface area contributed by atoms with E-state index < -0.39 is 0 Å². The predicted molar refractivity (Wildman–Crippen MR) is 115 cm³/mol. The second kappa shape index (κ2) is 9.14. The van der Waals surface area contributed by atoms with Gasteiger partial charge in [0.1, 0.15) is 11.6 Å². The number of aryl methyl sites for hydroxylation is 1. The van der Waals surface area contributed by atoms with Crippen LogP contribution in [0.4, 0.5) is 0 Å². The first-order valence-electron chi connectivity index (χ1n) is 10.4. The van der Waals surface area contributed by atoms with Gasteiger partial charge < -0.3 is 4.74 Å². The molecule has 1 fully saturated rings. The lowest BCUT2D eigenvalue weighted by Crippen LogP contribution is -2.34. The predicted octanol–water partition coefficient (Wildman–Crippen LogP) is 4.49. The first kappa shape index (κ1) is 19.5. The Bertz CT molecular complexity index is 924. The maximum Gasteiger partial charge on any atom is 0.127 e. The summed E-state index contributed by atoms with van der Waals surface area (Å²) in [6.45, 7) is 5.12. The number of likely N-dealkylation sites (tertiary alicyclic amines) is 1. The van der Waals surface area contributed by atoms with Crippen LogP contribution in [0.2, 0.25) is 0 Å². The molecule has 4 rings (SSSR count). The van der Waals surface area contributed by atoms with Crippen LogP contribution in [0, 0.1) is 0 Å². The summed E-state index contributed by atoms with van der Waals surface area (Å²) in [5, 5.41) is 0. The normalized spacial score (nSPS) is 17.2. The van der Waals surface area contributed by atoms with E-state index in [1.54, 1.807) is 7.11 Å². The van der Waals surface area contributed by atoms with Gasteiger partial charge in [0, 0.05) is 54.6 Å². The molecule has 150 valence electrons. The van der Waals surface area contributed by atoms with E-state index in [2.05, 4.69) is 52.1 Å². The Labute approximate surface area is 172 Å². The van der Waals surface area contributed by atoms with Gasteiger partial charge in [-0.2, -0.15) is 0 Å². The van der Waals surface area contributed by atoms with E-state index in [0.29, 0.717) is 5.92 Å². The van der Waals surface area contributed by atoms with Crippen LogP contribution in [0.3, 0.4) is 0 Å². The maximum absolute atomic E-state index is 5.26. The molecule has 1 aliphatic heterocycles. The van der Waals surface area contributed by atoms with Gasteiger partial charge in [-0.3, -0.25) is 9.88 Å². The second-order valence-electron chi connectivity index (χ2n) is 7.61. The van der Waals surface area contributed by atoms with Gasteiger partial charge in [0.15, 0.2) is 0 Å². The molecule has 3 aromatic rings. The SMILES string of the molecule is CCc1ncc(CN2CCCC(c3cccc(-c4ccc(OC)cc4)n3)C2)cn1. The molecular weight excluding hydrogens is 360 g/mol. The van der Waals surface area contributed by atoms with Gasteiger partial charge in [-0.15, -0.1) is 0 Å². The minimum Gasteiger partial charge on any atom is -0.497 e. The zero-order chi connectivity index (χ0) is 20.1. The van der Waals surface area contributed by atoms with Gasteiger partial charge in [-0.25, -0.2) is 9.97 Å². The zero-order valence-electron chi connectivity index (χ0n) is 17.2. The van der Waals surface area contributed by atoms with Gasteiger partial charge in [-0.1, -0.05) is 13.0 Å². The Morgan fingerprint density at radius 2 is 1.86 bits per heavy atom. The summed E-state index contributed by atoms with van der Waals surface area (Å²) in [6, 6.07) is 14.5. The van der Waals surface area contributed by atoms with Crippen LogP contribution in [0.5, 0.6) is 5.75 Å². The summed E-state index contributed by atoms with van der Waals surface area (Å²) < 4.78 is 5.26. The van der Waals surface area contributed by atoms with E-state index in [1.807, 2.05) is 24.5 Å². The summed E-state index contributed by atoms with van der Waals surface area (Å²) in [4.78, 5) is 16.4. The summed E-state index contributed by atoms with van der Waals surface area (Å²) in [5.74, 6) is 2.23. The number of pyridine rings is 1. The first-order valence-corrected chi connectivity index (χ1v) is 10.4. The molecule has 0 spiro atoms. The van der Waals surface area contributed by atoms with Crippen molar-refractivity contribution < 1.29 is 4.74 Å². The number of hydrogen-bond donors (Lipinski definition) is 0. The highest BCUT2D eigenvalue weighted by atomic mass is 16.5. The summed E-state index contributed by atoms with van der Waals surface area (Å²) >= 11 is 0. The Morgan fingerprint density at radius 1 is 1.07 bits per heavy atom. The van der Waals surface area contributed by atoms with Crippen molar-refractivity contribution in [3.8, 4) is 17.0 Å². The van der Waals surface area contributed by atoms with Crippen molar-refractivity contribution in [2.24, 2.45) is 0 Å². The highest BCUT2D eigenvalue weighted by Gasteiger charge is 2.23. The molecule has 1 unspecified atom stereocenters. The third-order valence-electron chi connectivity index (χ3n) is 5.56. The molecule has 1 aliphatic rings. The molecule has 0 aliphatic carbocycles. The standard InChI is InChI=1S/C24H28N4O/c1-3-24-25-14-18(15-26-24)16-28-13-5-6-20(17-28)23-8-4-7-22(27-23)19-9-11-21(29-2)12-10-19/h4,7-12,14-15,20H,3,5-6,13,16-17H2,1-2H3. The number of rotatable bonds is 6. The minimum atomic E-state index is 0.456. The number of piperidine rings is 1. The number of methoxy groups -OCH3 is 1. The first-order chi connectivity index (χ1) is 14.2. The average molecular weight is 389 g/mol. The molecule has 0 saturated carbocycles. The third kappa shape index (κ3) is 4.80. The largest absolute Gasteiger partial charge is 0.497 e. The van der Waals surface area contributed by atoms with Crippen LogP contribution in [-0.2, 0) is 13.0 Å². The lowest BCUT2D eigenvalue weighted by atomic mass is 9.93. The van der Waals surface area contributed by atoms with Gasteiger partial charge >= 0.3 is 0 Å². The van der Waals surface area contributed by atoms with Crippen LogP contribution in [0.15, 0.2) is 54.9 Å². The Balaban J connectivity index is 1.46. The summed E-state index contributed by atoms with van der Waals surface area (Å²) in [6.07, 6.45) is 7.19. The van der Waals surface area contributed by atoms with E-state index >= 15 is 0 Å². The van der Waals surface area contributed by atoms with Gasteiger partial charge in [0.25, 0.3) is 0 Å². The van der Waals surface area contributed by atoms with Crippen molar-refractivity contribution in [3.05, 3.63) is 71.9 Å². The average Bonchev–Trinajstić information content (AvgIpc) is 2.80. The highest BCUT2D eigenvalue weighted by Crippen LogP contribution is 2.29. The Morgan fingerprint density at radius 3 is 2.59 bits per heavy atom. The molecule has 29 heavy (non-hydrogen) atoms. The molecule has 1 atom stereocenters. The van der Waals surface area contributed by atoms with Crippen molar-refractivity contribution in [3.63, 3.8) is 0 Å². The molecular formula is C24H28N4O. The number of nitrogens with zero attached hydrogens (tertiary/aromatic N) is 4. The molecule has 5 heteroatoms. The molecule has 0 bridgehead atoms. The molecule has 0 radical (unpaired) electrons. The smallest absolute Gasteiger partial charge is 0.127 e. The molecule has 1 saturated heterocycles. The monoisotopic (exact) mass is 388 g/mol. The van der Waals surface area contributed by atoms with Crippen LogP contribution in [-0.4, -0.2) is 40.1 Å². The summed E-state index contributed by atoms with van der Waals surface area (Å²) in [5.41, 5.74) is 4.50. The molecule has 1 aromatic carbocycles. The fourth-order valence-corrected chi connectivity index (χ4v) is 3.95. The minimum absolute atomic E-state index is 0.456. The molecule has 0 amide bonds. The van der Waals surface area contributed by atoms with Crippen LogP contribution < -0.4 is 4.74 Å². The van der Waals surface area contributed by atoms with Crippen LogP contribution >= 0.6 is 0 Å². The molecule has 3 heterocycles. The van der Waals surface area contributed by atoms with E-state index in [0.717, 1.165) is 48.9 Å². The maximum atomic E-state index is 5.26. The van der Waals surface area contributed by atoms with Crippen molar-refractivity contribution in [1.29, 1.82) is 0 Å².